The molecule has 6 nitrogen and oxygen atoms in total. The Morgan fingerprint density at radius 1 is 1.53 bits per heavy atom. The van der Waals surface area contributed by atoms with Gasteiger partial charge in [0.25, 0.3) is 5.91 Å². The van der Waals surface area contributed by atoms with Crippen molar-refractivity contribution in [2.24, 2.45) is 11.7 Å². The van der Waals surface area contributed by atoms with Gasteiger partial charge < -0.3 is 21.7 Å². The minimum Gasteiger partial charge on any atom is -0.382 e. The SMILES string of the molecule is CCN1CCC(CNc2snc(N)c2C(N)=O)CC1. The van der Waals surface area contributed by atoms with Crippen LogP contribution >= 0.6 is 11.5 Å². The van der Waals surface area contributed by atoms with Crippen LogP contribution < -0.4 is 16.8 Å². The zero-order chi connectivity index (χ0) is 13.8. The van der Waals surface area contributed by atoms with E-state index in [1.165, 1.54) is 24.4 Å². The molecule has 2 rings (SSSR count). The number of piperidine rings is 1. The van der Waals surface area contributed by atoms with E-state index in [2.05, 4.69) is 21.5 Å². The van der Waals surface area contributed by atoms with Gasteiger partial charge in [-0.05, 0) is 49.9 Å². The van der Waals surface area contributed by atoms with Gasteiger partial charge in [-0.15, -0.1) is 0 Å². The Morgan fingerprint density at radius 2 is 2.21 bits per heavy atom. The Hall–Kier alpha value is -1.34. The van der Waals surface area contributed by atoms with Crippen molar-refractivity contribution in [3.63, 3.8) is 0 Å². The van der Waals surface area contributed by atoms with Crippen LogP contribution in [0.25, 0.3) is 0 Å². The Balaban J connectivity index is 1.88. The van der Waals surface area contributed by atoms with Crippen molar-refractivity contribution in [3.05, 3.63) is 5.56 Å². The average molecular weight is 283 g/mol. The molecule has 1 aliphatic rings. The molecule has 106 valence electrons. The highest BCUT2D eigenvalue weighted by molar-refractivity contribution is 7.11. The van der Waals surface area contributed by atoms with Crippen LogP contribution in [-0.4, -0.2) is 41.4 Å². The van der Waals surface area contributed by atoms with Crippen LogP contribution in [-0.2, 0) is 0 Å². The van der Waals surface area contributed by atoms with Crippen LogP contribution in [0.15, 0.2) is 0 Å². The number of likely N-dealkylation sites (tertiary alicyclic amines) is 1. The van der Waals surface area contributed by atoms with Crippen molar-refractivity contribution in [3.8, 4) is 0 Å². The Morgan fingerprint density at radius 3 is 2.79 bits per heavy atom. The molecule has 0 unspecified atom stereocenters. The topological polar surface area (TPSA) is 97.3 Å². The number of nitrogens with one attached hydrogen (secondary N) is 1. The fourth-order valence-electron chi connectivity index (χ4n) is 2.41. The van der Waals surface area contributed by atoms with E-state index in [1.54, 1.807) is 0 Å². The van der Waals surface area contributed by atoms with Crippen LogP contribution in [0.1, 0.15) is 30.1 Å². The van der Waals surface area contributed by atoms with E-state index in [0.717, 1.165) is 26.2 Å². The minimum atomic E-state index is -0.519. The third-order valence-electron chi connectivity index (χ3n) is 3.67. The molecule has 1 aromatic rings. The normalized spacial score (nSPS) is 17.5. The number of hydrogen-bond donors (Lipinski definition) is 3. The van der Waals surface area contributed by atoms with E-state index >= 15 is 0 Å². The van der Waals surface area contributed by atoms with Crippen LogP contribution in [0.4, 0.5) is 10.8 Å². The first-order valence-electron chi connectivity index (χ1n) is 6.63. The number of rotatable bonds is 5. The van der Waals surface area contributed by atoms with E-state index in [0.29, 0.717) is 16.5 Å². The van der Waals surface area contributed by atoms with E-state index < -0.39 is 5.91 Å². The zero-order valence-electron chi connectivity index (χ0n) is 11.2. The van der Waals surface area contributed by atoms with Gasteiger partial charge in [0.05, 0.1) is 0 Å². The van der Waals surface area contributed by atoms with Gasteiger partial charge in [-0.3, -0.25) is 4.79 Å². The molecule has 1 aliphatic heterocycles. The van der Waals surface area contributed by atoms with Crippen molar-refractivity contribution >= 4 is 28.3 Å². The quantitative estimate of drug-likeness (QED) is 0.748. The highest BCUT2D eigenvalue weighted by Gasteiger charge is 2.20. The third-order valence-corrected chi connectivity index (χ3v) is 4.49. The minimum absolute atomic E-state index is 0.223. The summed E-state index contributed by atoms with van der Waals surface area (Å²) in [6.45, 7) is 6.46. The average Bonchev–Trinajstić information content (AvgIpc) is 2.78. The summed E-state index contributed by atoms with van der Waals surface area (Å²) in [6.07, 6.45) is 2.36. The van der Waals surface area contributed by atoms with Crippen molar-refractivity contribution in [2.45, 2.75) is 19.8 Å². The molecule has 0 bridgehead atoms. The second kappa shape index (κ2) is 6.21. The van der Waals surface area contributed by atoms with Gasteiger partial charge in [0.2, 0.25) is 0 Å². The molecule has 0 spiro atoms. The molecule has 0 aromatic carbocycles. The number of carbonyl (C=O) groups is 1. The first kappa shape index (κ1) is 14.1. The standard InChI is InChI=1S/C12H21N5OS/c1-2-17-5-3-8(4-6-17)7-15-12-9(11(14)18)10(13)16-19-12/h8,15H,2-7H2,1H3,(H2,13,16)(H2,14,18). The van der Waals surface area contributed by atoms with Gasteiger partial charge in [-0.2, -0.15) is 4.37 Å². The maximum Gasteiger partial charge on any atom is 0.255 e. The molecule has 0 atom stereocenters. The van der Waals surface area contributed by atoms with Gasteiger partial charge >= 0.3 is 0 Å². The maximum atomic E-state index is 11.3. The lowest BCUT2D eigenvalue weighted by atomic mass is 9.97. The number of amides is 1. The monoisotopic (exact) mass is 283 g/mol. The molecule has 7 heteroatoms. The van der Waals surface area contributed by atoms with Crippen LogP contribution in [0.5, 0.6) is 0 Å². The van der Waals surface area contributed by atoms with E-state index in [1.807, 2.05) is 0 Å². The van der Waals surface area contributed by atoms with E-state index in [9.17, 15) is 4.79 Å². The van der Waals surface area contributed by atoms with Gasteiger partial charge in [0.1, 0.15) is 10.6 Å². The Bertz CT molecular complexity index is 439. The number of nitrogens with two attached hydrogens (primary N) is 2. The summed E-state index contributed by atoms with van der Waals surface area (Å²) in [6, 6.07) is 0. The van der Waals surface area contributed by atoms with E-state index in [4.69, 9.17) is 11.5 Å². The number of hydrogen-bond acceptors (Lipinski definition) is 6. The van der Waals surface area contributed by atoms with Crippen LogP contribution in [0.3, 0.4) is 0 Å². The smallest absolute Gasteiger partial charge is 0.255 e. The molecule has 0 aliphatic carbocycles. The van der Waals surface area contributed by atoms with Crippen molar-refractivity contribution in [1.82, 2.24) is 9.27 Å². The second-order valence-corrected chi connectivity index (χ2v) is 5.67. The van der Waals surface area contributed by atoms with Crippen LogP contribution in [0.2, 0.25) is 0 Å². The molecule has 1 fully saturated rings. The molecule has 0 saturated carbocycles. The van der Waals surface area contributed by atoms with Gasteiger partial charge in [0, 0.05) is 6.54 Å². The number of nitrogens with zero attached hydrogens (tertiary/aromatic N) is 2. The molecule has 19 heavy (non-hydrogen) atoms. The molecular formula is C12H21N5OS. The molecular weight excluding hydrogens is 262 g/mol. The Kier molecular flexibility index (Phi) is 4.60. The lowest BCUT2D eigenvalue weighted by Crippen LogP contribution is -2.35. The third kappa shape index (κ3) is 3.36. The fraction of sp³-hybridized carbons (Fsp3) is 0.667. The summed E-state index contributed by atoms with van der Waals surface area (Å²) in [5, 5.41) is 3.97. The molecule has 0 radical (unpaired) electrons. The summed E-state index contributed by atoms with van der Waals surface area (Å²) in [5.74, 6) is 0.335. The first-order valence-corrected chi connectivity index (χ1v) is 7.40. The van der Waals surface area contributed by atoms with Gasteiger partial charge in [0.15, 0.2) is 5.82 Å². The van der Waals surface area contributed by atoms with Crippen molar-refractivity contribution in [2.75, 3.05) is 37.2 Å². The number of aromatic nitrogens is 1. The summed E-state index contributed by atoms with van der Waals surface area (Å²) in [7, 11) is 0. The number of carbonyl (C=O) groups excluding carboxylic acids is 1. The summed E-state index contributed by atoms with van der Waals surface area (Å²) in [4.78, 5) is 13.8. The van der Waals surface area contributed by atoms with Crippen molar-refractivity contribution < 1.29 is 4.79 Å². The summed E-state index contributed by atoms with van der Waals surface area (Å²) in [5.41, 5.74) is 11.3. The lowest BCUT2D eigenvalue weighted by Gasteiger charge is -2.31. The highest BCUT2D eigenvalue weighted by atomic mass is 32.1. The number of primary amides is 1. The fourth-order valence-corrected chi connectivity index (χ4v) is 3.13. The predicted molar refractivity (Wildman–Crippen MR) is 78.4 cm³/mol. The molecule has 1 saturated heterocycles. The van der Waals surface area contributed by atoms with Gasteiger partial charge in [-0.25, -0.2) is 0 Å². The van der Waals surface area contributed by atoms with Crippen LogP contribution in [0, 0.1) is 5.92 Å². The maximum absolute atomic E-state index is 11.3. The molecule has 1 amide bonds. The lowest BCUT2D eigenvalue weighted by molar-refractivity contribution is 0.100. The largest absolute Gasteiger partial charge is 0.382 e. The zero-order valence-corrected chi connectivity index (χ0v) is 12.0. The van der Waals surface area contributed by atoms with Gasteiger partial charge in [-0.1, -0.05) is 6.92 Å². The number of anilines is 2. The molecule has 1 aromatic heterocycles. The first-order chi connectivity index (χ1) is 9.11. The molecule has 5 N–H and O–H groups in total. The molecule has 2 heterocycles. The Labute approximate surface area is 117 Å². The summed E-state index contributed by atoms with van der Waals surface area (Å²) < 4.78 is 3.97. The summed E-state index contributed by atoms with van der Waals surface area (Å²) >= 11 is 1.20. The highest BCUT2D eigenvalue weighted by Crippen LogP contribution is 2.27. The van der Waals surface area contributed by atoms with Crippen molar-refractivity contribution in [1.29, 1.82) is 0 Å². The second-order valence-electron chi connectivity index (χ2n) is 4.89. The number of nitrogen functional groups attached to an aromatic ring is 1. The van der Waals surface area contributed by atoms with E-state index in [-0.39, 0.29) is 5.82 Å². The predicted octanol–water partition coefficient (Wildman–Crippen LogP) is 0.968.